The van der Waals surface area contributed by atoms with E-state index in [1.54, 1.807) is 18.2 Å². The third-order valence-corrected chi connectivity index (χ3v) is 3.32. The first-order valence-corrected chi connectivity index (χ1v) is 6.49. The Labute approximate surface area is 124 Å². The maximum atomic E-state index is 13.8. The Bertz CT molecular complexity index is 814. The Balaban J connectivity index is 2.10. The number of anilines is 1. The Morgan fingerprint density at radius 1 is 1.05 bits per heavy atom. The van der Waals surface area contributed by atoms with Gasteiger partial charge >= 0.3 is 0 Å². The number of rotatable bonds is 2. The standard InChI is InChI=1S/C15H10ClF2N3/c16-10-7-9(5-6-11(10)17)15-13(19)8-21(20-15)14-4-2-1-3-12(14)18/h1-8H,19H2. The second-order valence-corrected chi connectivity index (χ2v) is 4.87. The van der Waals surface area contributed by atoms with Crippen molar-refractivity contribution in [2.24, 2.45) is 0 Å². The van der Waals surface area contributed by atoms with Gasteiger partial charge in [0, 0.05) is 5.56 Å². The zero-order valence-corrected chi connectivity index (χ0v) is 11.5. The Morgan fingerprint density at radius 3 is 2.52 bits per heavy atom. The summed E-state index contributed by atoms with van der Waals surface area (Å²) >= 11 is 5.75. The van der Waals surface area contributed by atoms with Crippen molar-refractivity contribution in [3.8, 4) is 16.9 Å². The van der Waals surface area contributed by atoms with Gasteiger partial charge in [0.05, 0.1) is 16.9 Å². The van der Waals surface area contributed by atoms with Crippen LogP contribution in [-0.2, 0) is 0 Å². The van der Waals surface area contributed by atoms with Gasteiger partial charge in [-0.2, -0.15) is 5.10 Å². The lowest BCUT2D eigenvalue weighted by atomic mass is 10.1. The van der Waals surface area contributed by atoms with Crippen molar-refractivity contribution in [3.05, 3.63) is 65.3 Å². The van der Waals surface area contributed by atoms with Crippen LogP contribution in [0, 0.1) is 11.6 Å². The summed E-state index contributed by atoms with van der Waals surface area (Å²) in [5.41, 5.74) is 7.52. The van der Waals surface area contributed by atoms with Crippen molar-refractivity contribution < 1.29 is 8.78 Å². The van der Waals surface area contributed by atoms with Crippen molar-refractivity contribution in [2.75, 3.05) is 5.73 Å². The summed E-state index contributed by atoms with van der Waals surface area (Å²) in [6, 6.07) is 10.4. The number of benzene rings is 2. The predicted molar refractivity (Wildman–Crippen MR) is 78.3 cm³/mol. The van der Waals surface area contributed by atoms with E-state index in [-0.39, 0.29) is 10.7 Å². The van der Waals surface area contributed by atoms with Crippen LogP contribution in [-0.4, -0.2) is 9.78 Å². The van der Waals surface area contributed by atoms with Crippen molar-refractivity contribution in [3.63, 3.8) is 0 Å². The van der Waals surface area contributed by atoms with Crippen LogP contribution in [0.4, 0.5) is 14.5 Å². The van der Waals surface area contributed by atoms with E-state index in [1.165, 1.54) is 35.1 Å². The maximum absolute atomic E-state index is 13.8. The zero-order chi connectivity index (χ0) is 15.0. The van der Waals surface area contributed by atoms with Crippen molar-refractivity contribution >= 4 is 17.3 Å². The van der Waals surface area contributed by atoms with Gasteiger partial charge in [-0.1, -0.05) is 23.7 Å². The molecule has 0 fully saturated rings. The molecular weight excluding hydrogens is 296 g/mol. The van der Waals surface area contributed by atoms with Gasteiger partial charge in [-0.25, -0.2) is 13.5 Å². The van der Waals surface area contributed by atoms with E-state index in [2.05, 4.69) is 5.10 Å². The molecule has 0 bridgehead atoms. The lowest BCUT2D eigenvalue weighted by Crippen LogP contribution is -1.98. The lowest BCUT2D eigenvalue weighted by Gasteiger charge is -2.02. The summed E-state index contributed by atoms with van der Waals surface area (Å²) in [4.78, 5) is 0. The highest BCUT2D eigenvalue weighted by Gasteiger charge is 2.13. The summed E-state index contributed by atoms with van der Waals surface area (Å²) in [5.74, 6) is -0.934. The largest absolute Gasteiger partial charge is 0.396 e. The van der Waals surface area contributed by atoms with E-state index >= 15 is 0 Å². The first kappa shape index (κ1) is 13.6. The van der Waals surface area contributed by atoms with Gasteiger partial charge in [0.25, 0.3) is 0 Å². The number of hydrogen-bond acceptors (Lipinski definition) is 2. The van der Waals surface area contributed by atoms with Gasteiger partial charge in [0.2, 0.25) is 0 Å². The topological polar surface area (TPSA) is 43.8 Å². The molecule has 0 aliphatic rings. The molecule has 1 aromatic heterocycles. The molecule has 3 aromatic rings. The molecule has 0 atom stereocenters. The number of nitrogens with two attached hydrogens (primary N) is 1. The highest BCUT2D eigenvalue weighted by molar-refractivity contribution is 6.31. The quantitative estimate of drug-likeness (QED) is 0.776. The predicted octanol–water partition coefficient (Wildman–Crippen LogP) is 4.05. The third kappa shape index (κ3) is 2.48. The summed E-state index contributed by atoms with van der Waals surface area (Å²) in [5, 5.41) is 4.23. The fraction of sp³-hybridized carbons (Fsp3) is 0. The number of aromatic nitrogens is 2. The Hall–Kier alpha value is -2.40. The number of nitrogen functional groups attached to an aromatic ring is 1. The highest BCUT2D eigenvalue weighted by atomic mass is 35.5. The molecule has 2 N–H and O–H groups in total. The molecule has 0 amide bonds. The molecule has 6 heteroatoms. The minimum atomic E-state index is -0.521. The molecule has 0 aliphatic carbocycles. The van der Waals surface area contributed by atoms with Crippen molar-refractivity contribution in [1.29, 1.82) is 0 Å². The van der Waals surface area contributed by atoms with Crippen LogP contribution >= 0.6 is 11.6 Å². The number of hydrogen-bond donors (Lipinski definition) is 1. The molecule has 0 spiro atoms. The van der Waals surface area contributed by atoms with Gasteiger partial charge < -0.3 is 5.73 Å². The van der Waals surface area contributed by atoms with E-state index in [1.807, 2.05) is 0 Å². The third-order valence-electron chi connectivity index (χ3n) is 3.03. The number of nitrogens with zero attached hydrogens (tertiary/aromatic N) is 2. The Morgan fingerprint density at radius 2 is 1.81 bits per heavy atom. The minimum absolute atomic E-state index is 0.0210. The van der Waals surface area contributed by atoms with Gasteiger partial charge in [0.15, 0.2) is 0 Å². The summed E-state index contributed by atoms with van der Waals surface area (Å²) in [7, 11) is 0. The summed E-state index contributed by atoms with van der Waals surface area (Å²) in [6.07, 6.45) is 1.50. The molecule has 0 saturated carbocycles. The molecule has 3 rings (SSSR count). The van der Waals surface area contributed by atoms with Gasteiger partial charge in [-0.15, -0.1) is 0 Å². The average molecular weight is 306 g/mol. The van der Waals surface area contributed by atoms with E-state index in [0.29, 0.717) is 16.9 Å². The van der Waals surface area contributed by atoms with Crippen LogP contribution in [0.5, 0.6) is 0 Å². The van der Waals surface area contributed by atoms with Crippen molar-refractivity contribution in [2.45, 2.75) is 0 Å². The van der Waals surface area contributed by atoms with Gasteiger partial charge in [0.1, 0.15) is 23.0 Å². The molecule has 3 nitrogen and oxygen atoms in total. The average Bonchev–Trinajstić information content (AvgIpc) is 2.84. The second-order valence-electron chi connectivity index (χ2n) is 4.46. The maximum Gasteiger partial charge on any atom is 0.148 e. The van der Waals surface area contributed by atoms with Crippen LogP contribution in [0.1, 0.15) is 0 Å². The first-order valence-electron chi connectivity index (χ1n) is 6.12. The van der Waals surface area contributed by atoms with Crippen LogP contribution < -0.4 is 5.73 Å². The summed E-state index contributed by atoms with van der Waals surface area (Å²) in [6.45, 7) is 0. The van der Waals surface area contributed by atoms with Gasteiger partial charge in [-0.05, 0) is 30.3 Å². The second kappa shape index (κ2) is 5.18. The smallest absolute Gasteiger partial charge is 0.148 e. The van der Waals surface area contributed by atoms with Gasteiger partial charge in [-0.3, -0.25) is 0 Å². The fourth-order valence-corrected chi connectivity index (χ4v) is 2.20. The van der Waals surface area contributed by atoms with Crippen LogP contribution in [0.2, 0.25) is 5.02 Å². The van der Waals surface area contributed by atoms with Crippen LogP contribution in [0.15, 0.2) is 48.7 Å². The molecule has 0 unspecified atom stereocenters. The lowest BCUT2D eigenvalue weighted by molar-refractivity contribution is 0.611. The molecule has 0 radical (unpaired) electrons. The summed E-state index contributed by atoms with van der Waals surface area (Å²) < 4.78 is 28.3. The molecule has 0 aliphatic heterocycles. The van der Waals surface area contributed by atoms with E-state index in [4.69, 9.17) is 17.3 Å². The van der Waals surface area contributed by atoms with Crippen LogP contribution in [0.25, 0.3) is 16.9 Å². The fourth-order valence-electron chi connectivity index (χ4n) is 2.02. The highest BCUT2D eigenvalue weighted by Crippen LogP contribution is 2.29. The first-order chi connectivity index (χ1) is 10.1. The van der Waals surface area contributed by atoms with Crippen LogP contribution in [0.3, 0.4) is 0 Å². The monoisotopic (exact) mass is 305 g/mol. The van der Waals surface area contributed by atoms with E-state index in [9.17, 15) is 8.78 Å². The number of para-hydroxylation sites is 1. The molecule has 2 aromatic carbocycles. The molecule has 21 heavy (non-hydrogen) atoms. The van der Waals surface area contributed by atoms with Crippen molar-refractivity contribution in [1.82, 2.24) is 9.78 Å². The molecule has 1 heterocycles. The van der Waals surface area contributed by atoms with E-state index in [0.717, 1.165) is 0 Å². The minimum Gasteiger partial charge on any atom is -0.396 e. The Kier molecular flexibility index (Phi) is 3.35. The van der Waals surface area contributed by atoms with E-state index < -0.39 is 11.6 Å². The SMILES string of the molecule is Nc1cn(-c2ccccc2F)nc1-c1ccc(F)c(Cl)c1. The molecular formula is C15H10ClF2N3. The normalized spacial score (nSPS) is 10.8. The number of halogens is 3. The molecule has 0 saturated heterocycles. The zero-order valence-electron chi connectivity index (χ0n) is 10.7. The molecule has 106 valence electrons.